The van der Waals surface area contributed by atoms with Gasteiger partial charge in [0.1, 0.15) is 0 Å². The van der Waals surface area contributed by atoms with Crippen molar-refractivity contribution in [1.82, 2.24) is 10.6 Å². The minimum atomic E-state index is -0.894. The first-order valence-corrected chi connectivity index (χ1v) is 9.54. The lowest BCUT2D eigenvalue weighted by molar-refractivity contribution is -0.129. The van der Waals surface area contributed by atoms with E-state index in [0.29, 0.717) is 6.04 Å². The van der Waals surface area contributed by atoms with E-state index in [1.54, 1.807) is 0 Å². The number of hydrogen-bond donors (Lipinski definition) is 3. The molecule has 5 heteroatoms. The second-order valence-corrected chi connectivity index (χ2v) is 8.84. The molecule has 2 amide bonds. The van der Waals surface area contributed by atoms with Crippen molar-refractivity contribution in [2.24, 2.45) is 17.3 Å². The Bertz CT molecular complexity index is 428. The molecule has 2 aliphatic rings. The Labute approximate surface area is 146 Å². The van der Waals surface area contributed by atoms with Crippen molar-refractivity contribution in [2.45, 2.75) is 90.6 Å². The summed E-state index contributed by atoms with van der Waals surface area (Å²) in [5.41, 5.74) is -0.306. The first-order valence-electron chi connectivity index (χ1n) is 9.54. The summed E-state index contributed by atoms with van der Waals surface area (Å²) in [4.78, 5) is 22.8. The van der Waals surface area contributed by atoms with Gasteiger partial charge >= 0.3 is 6.09 Å². The first-order chi connectivity index (χ1) is 11.2. The maximum Gasteiger partial charge on any atom is 0.404 e. The van der Waals surface area contributed by atoms with Gasteiger partial charge in [0.15, 0.2) is 0 Å². The zero-order valence-corrected chi connectivity index (χ0v) is 15.4. The molecule has 0 radical (unpaired) electrons. The van der Waals surface area contributed by atoms with E-state index >= 15 is 0 Å². The highest BCUT2D eigenvalue weighted by atomic mass is 16.4. The van der Waals surface area contributed by atoms with Crippen LogP contribution < -0.4 is 10.6 Å². The van der Waals surface area contributed by atoms with Crippen LogP contribution in [-0.4, -0.2) is 29.2 Å². The number of rotatable bonds is 4. The topological polar surface area (TPSA) is 78.4 Å². The lowest BCUT2D eigenvalue weighted by atomic mass is 9.75. The summed E-state index contributed by atoms with van der Waals surface area (Å²) in [6, 6.07) is 0.505. The smallest absolute Gasteiger partial charge is 0.404 e. The van der Waals surface area contributed by atoms with Crippen molar-refractivity contribution in [1.29, 1.82) is 0 Å². The minimum absolute atomic E-state index is 0.155. The molecule has 0 bridgehead atoms. The molecule has 0 unspecified atom stereocenters. The van der Waals surface area contributed by atoms with Gasteiger partial charge in [-0.2, -0.15) is 0 Å². The summed E-state index contributed by atoms with van der Waals surface area (Å²) in [5, 5.41) is 14.6. The van der Waals surface area contributed by atoms with Crippen LogP contribution in [0, 0.1) is 17.3 Å². The summed E-state index contributed by atoms with van der Waals surface area (Å²) in [5.74, 6) is 1.69. The van der Waals surface area contributed by atoms with Gasteiger partial charge in [-0.1, -0.05) is 20.8 Å². The van der Waals surface area contributed by atoms with Crippen LogP contribution >= 0.6 is 0 Å². The minimum Gasteiger partial charge on any atom is -0.465 e. The predicted octanol–water partition coefficient (Wildman–Crippen LogP) is 3.92. The maximum atomic E-state index is 12.1. The molecule has 138 valence electrons. The van der Waals surface area contributed by atoms with Crippen molar-refractivity contribution in [3.05, 3.63) is 0 Å². The molecule has 0 spiro atoms. The molecule has 0 atom stereocenters. The highest BCUT2D eigenvalue weighted by molar-refractivity contribution is 5.81. The number of carbonyl (C=O) groups excluding carboxylic acids is 1. The van der Waals surface area contributed by atoms with Crippen molar-refractivity contribution >= 4 is 12.0 Å². The molecule has 5 nitrogen and oxygen atoms in total. The van der Waals surface area contributed by atoms with Crippen molar-refractivity contribution in [2.75, 3.05) is 0 Å². The van der Waals surface area contributed by atoms with Crippen LogP contribution in [0.15, 0.2) is 0 Å². The number of carboxylic acid groups (broad SMARTS) is 1. The normalized spacial score (nSPS) is 31.3. The highest BCUT2D eigenvalue weighted by Crippen LogP contribution is 2.35. The Morgan fingerprint density at radius 2 is 1.25 bits per heavy atom. The summed E-state index contributed by atoms with van der Waals surface area (Å²) >= 11 is 0. The fourth-order valence-corrected chi connectivity index (χ4v) is 4.13. The van der Waals surface area contributed by atoms with E-state index in [-0.39, 0.29) is 17.4 Å². The van der Waals surface area contributed by atoms with Crippen LogP contribution in [0.5, 0.6) is 0 Å². The van der Waals surface area contributed by atoms with Gasteiger partial charge in [-0.15, -0.1) is 0 Å². The van der Waals surface area contributed by atoms with Gasteiger partial charge in [-0.25, -0.2) is 4.79 Å². The molecule has 0 aliphatic heterocycles. The van der Waals surface area contributed by atoms with E-state index in [1.165, 1.54) is 19.3 Å². The molecular formula is C19H34N2O3. The molecule has 2 aliphatic carbocycles. The lowest BCUT2D eigenvalue weighted by Crippen LogP contribution is -2.43. The molecule has 2 fully saturated rings. The van der Waals surface area contributed by atoms with E-state index in [4.69, 9.17) is 5.11 Å². The van der Waals surface area contributed by atoms with Crippen LogP contribution in [0.2, 0.25) is 0 Å². The molecule has 0 aromatic carbocycles. The average Bonchev–Trinajstić information content (AvgIpc) is 2.50. The lowest BCUT2D eigenvalue weighted by Gasteiger charge is -2.35. The monoisotopic (exact) mass is 338 g/mol. The van der Waals surface area contributed by atoms with E-state index in [2.05, 4.69) is 10.6 Å². The Hall–Kier alpha value is -1.26. The van der Waals surface area contributed by atoms with E-state index in [9.17, 15) is 9.59 Å². The van der Waals surface area contributed by atoms with Gasteiger partial charge in [0.2, 0.25) is 5.91 Å². The average molecular weight is 338 g/mol. The molecule has 0 aromatic heterocycles. The van der Waals surface area contributed by atoms with Crippen LogP contribution in [0.4, 0.5) is 4.79 Å². The fourth-order valence-electron chi connectivity index (χ4n) is 4.13. The summed E-state index contributed by atoms with van der Waals surface area (Å²) in [7, 11) is 0. The van der Waals surface area contributed by atoms with E-state index < -0.39 is 6.09 Å². The standard InChI is InChI=1S/C19H34N2O3/c1-19(2,3)17(22)20-15-8-4-13(5-9-15)12-14-6-10-16(11-7-14)21-18(23)24/h13-16,21H,4-12H2,1-3H3,(H,20,22)(H,23,24). The molecular weight excluding hydrogens is 304 g/mol. The van der Waals surface area contributed by atoms with Crippen LogP contribution in [0.1, 0.15) is 78.6 Å². The summed E-state index contributed by atoms with van der Waals surface area (Å²) in [6.45, 7) is 5.89. The number of amides is 2. The third kappa shape index (κ3) is 5.99. The van der Waals surface area contributed by atoms with Gasteiger partial charge in [-0.3, -0.25) is 4.79 Å². The second-order valence-electron chi connectivity index (χ2n) is 8.84. The van der Waals surface area contributed by atoms with Gasteiger partial charge in [-0.05, 0) is 69.6 Å². The maximum absolute atomic E-state index is 12.1. The van der Waals surface area contributed by atoms with Crippen molar-refractivity contribution < 1.29 is 14.7 Å². The first kappa shape index (κ1) is 19.1. The van der Waals surface area contributed by atoms with Crippen LogP contribution in [0.3, 0.4) is 0 Å². The Morgan fingerprint density at radius 1 is 0.833 bits per heavy atom. The predicted molar refractivity (Wildman–Crippen MR) is 94.9 cm³/mol. The van der Waals surface area contributed by atoms with Gasteiger partial charge < -0.3 is 15.7 Å². The number of carbonyl (C=O) groups is 2. The van der Waals surface area contributed by atoms with Gasteiger partial charge in [0.05, 0.1) is 0 Å². The Balaban J connectivity index is 1.65. The molecule has 0 heterocycles. The highest BCUT2D eigenvalue weighted by Gasteiger charge is 2.29. The number of nitrogens with one attached hydrogen (secondary N) is 2. The summed E-state index contributed by atoms with van der Waals surface area (Å²) < 4.78 is 0. The van der Waals surface area contributed by atoms with E-state index in [1.807, 2.05) is 20.8 Å². The van der Waals surface area contributed by atoms with Crippen molar-refractivity contribution in [3.8, 4) is 0 Å². The zero-order chi connectivity index (χ0) is 17.7. The van der Waals surface area contributed by atoms with Gasteiger partial charge in [0, 0.05) is 17.5 Å². The quantitative estimate of drug-likeness (QED) is 0.727. The number of hydrogen-bond acceptors (Lipinski definition) is 2. The Morgan fingerprint density at radius 3 is 1.62 bits per heavy atom. The van der Waals surface area contributed by atoms with Crippen molar-refractivity contribution in [3.63, 3.8) is 0 Å². The molecule has 3 N–H and O–H groups in total. The molecule has 2 saturated carbocycles. The Kier molecular flexibility index (Phi) is 6.53. The third-order valence-electron chi connectivity index (χ3n) is 5.70. The van der Waals surface area contributed by atoms with Crippen LogP contribution in [-0.2, 0) is 4.79 Å². The molecule has 0 saturated heterocycles. The molecule has 0 aromatic rings. The largest absolute Gasteiger partial charge is 0.465 e. The SMILES string of the molecule is CC(C)(C)C(=O)NC1CCC(CC2CCC(NC(=O)O)CC2)CC1. The second kappa shape index (κ2) is 8.21. The van der Waals surface area contributed by atoms with E-state index in [0.717, 1.165) is 50.4 Å². The van der Waals surface area contributed by atoms with Gasteiger partial charge in [0.25, 0.3) is 0 Å². The molecule has 24 heavy (non-hydrogen) atoms. The third-order valence-corrected chi connectivity index (χ3v) is 5.70. The zero-order valence-electron chi connectivity index (χ0n) is 15.4. The summed E-state index contributed by atoms with van der Waals surface area (Å²) in [6.07, 6.45) is 9.25. The fraction of sp³-hybridized carbons (Fsp3) is 0.895. The van der Waals surface area contributed by atoms with Crippen LogP contribution in [0.25, 0.3) is 0 Å². The molecule has 2 rings (SSSR count).